The first-order chi connectivity index (χ1) is 4.20. The van der Waals surface area contributed by atoms with E-state index in [4.69, 9.17) is 4.84 Å². The maximum Gasteiger partial charge on any atom is 0.136 e. The van der Waals surface area contributed by atoms with Crippen LogP contribution in [-0.2, 0) is 4.84 Å². The molecule has 0 bridgehead atoms. The second-order valence-electron chi connectivity index (χ2n) is 2.56. The van der Waals surface area contributed by atoms with E-state index >= 15 is 0 Å². The van der Waals surface area contributed by atoms with Crippen LogP contribution in [0.1, 0.15) is 20.3 Å². The van der Waals surface area contributed by atoms with Crippen molar-refractivity contribution in [2.45, 2.75) is 26.4 Å². The van der Waals surface area contributed by atoms with Gasteiger partial charge in [-0.15, -0.1) is 0 Å². The Morgan fingerprint density at radius 3 is 2.67 bits per heavy atom. The zero-order valence-corrected chi connectivity index (χ0v) is 7.18. The van der Waals surface area contributed by atoms with Crippen molar-refractivity contribution >= 4 is 20.6 Å². The average Bonchev–Trinajstić information content (AvgIpc) is 2.14. The van der Waals surface area contributed by atoms with Gasteiger partial charge in [-0.05, 0) is 21.8 Å². The van der Waals surface area contributed by atoms with Crippen LogP contribution in [0.5, 0.6) is 0 Å². The van der Waals surface area contributed by atoms with Crippen molar-refractivity contribution in [3.05, 3.63) is 0 Å². The Labute approximate surface area is 63.4 Å². The molecule has 3 heteroatoms. The summed E-state index contributed by atoms with van der Waals surface area (Å²) in [5.74, 6) is 0.559. The minimum absolute atomic E-state index is 0.291. The summed E-state index contributed by atoms with van der Waals surface area (Å²) in [4.78, 5) is 5.07. The van der Waals surface area contributed by atoms with E-state index in [2.05, 4.69) is 34.9 Å². The lowest BCUT2D eigenvalue weighted by atomic mass is 10.1. The first kappa shape index (κ1) is 7.06. The van der Waals surface area contributed by atoms with E-state index in [0.717, 1.165) is 11.0 Å². The largest absolute Gasteiger partial charge is 0.391 e. The second kappa shape index (κ2) is 2.69. The number of nitrogens with zero attached hydrogens (tertiary/aromatic N) is 1. The molecule has 0 unspecified atom stereocenters. The predicted octanol–water partition coefficient (Wildman–Crippen LogP) is 2.14. The van der Waals surface area contributed by atoms with Gasteiger partial charge in [0, 0.05) is 6.42 Å². The third-order valence-electron chi connectivity index (χ3n) is 1.40. The van der Waals surface area contributed by atoms with Crippen molar-refractivity contribution in [1.82, 2.24) is 0 Å². The molecular weight excluding hydrogens is 182 g/mol. The van der Waals surface area contributed by atoms with Crippen LogP contribution >= 0.6 is 15.9 Å². The topological polar surface area (TPSA) is 21.6 Å². The fraction of sp³-hybridized carbons (Fsp3) is 0.833. The molecular formula is C6H10BrNO. The number of oxime groups is 1. The van der Waals surface area contributed by atoms with E-state index in [1.807, 2.05) is 0 Å². The highest BCUT2D eigenvalue weighted by Crippen LogP contribution is 2.20. The fourth-order valence-electron chi connectivity index (χ4n) is 0.723. The third kappa shape index (κ3) is 1.68. The molecule has 52 valence electrons. The maximum atomic E-state index is 5.07. The second-order valence-corrected chi connectivity index (χ2v) is 3.47. The first-order valence-corrected chi connectivity index (χ1v) is 3.87. The lowest BCUT2D eigenvalue weighted by Crippen LogP contribution is -2.13. The summed E-state index contributed by atoms with van der Waals surface area (Å²) in [5.41, 5.74) is 0. The average molecular weight is 192 g/mol. The first-order valence-electron chi connectivity index (χ1n) is 3.08. The van der Waals surface area contributed by atoms with E-state index in [-0.39, 0.29) is 0 Å². The monoisotopic (exact) mass is 191 g/mol. The van der Waals surface area contributed by atoms with Crippen molar-refractivity contribution in [3.8, 4) is 0 Å². The zero-order valence-electron chi connectivity index (χ0n) is 5.60. The molecule has 9 heavy (non-hydrogen) atoms. The van der Waals surface area contributed by atoms with E-state index < -0.39 is 0 Å². The van der Waals surface area contributed by atoms with Crippen LogP contribution < -0.4 is 0 Å². The Balaban J connectivity index is 2.37. The van der Waals surface area contributed by atoms with Gasteiger partial charge in [0.1, 0.15) is 10.7 Å². The maximum absolute atomic E-state index is 5.07. The van der Waals surface area contributed by atoms with Crippen LogP contribution in [0, 0.1) is 5.92 Å². The molecule has 0 aliphatic carbocycles. The smallest absolute Gasteiger partial charge is 0.136 e. The Morgan fingerprint density at radius 1 is 1.78 bits per heavy atom. The summed E-state index contributed by atoms with van der Waals surface area (Å²) < 4.78 is 0.932. The highest BCUT2D eigenvalue weighted by Gasteiger charge is 2.21. The molecule has 0 radical (unpaired) electrons. The Hall–Kier alpha value is -0.0500. The van der Waals surface area contributed by atoms with Crippen LogP contribution in [0.3, 0.4) is 0 Å². The molecule has 0 fully saturated rings. The zero-order chi connectivity index (χ0) is 6.85. The normalized spacial score (nSPS) is 26.2. The Kier molecular flexibility index (Phi) is 2.11. The van der Waals surface area contributed by atoms with E-state index in [9.17, 15) is 0 Å². The van der Waals surface area contributed by atoms with Gasteiger partial charge < -0.3 is 4.84 Å². The van der Waals surface area contributed by atoms with Crippen LogP contribution in [0.15, 0.2) is 5.16 Å². The van der Waals surface area contributed by atoms with Crippen LogP contribution in [0.2, 0.25) is 0 Å². The van der Waals surface area contributed by atoms with Gasteiger partial charge in [-0.3, -0.25) is 0 Å². The van der Waals surface area contributed by atoms with Gasteiger partial charge in [0.25, 0.3) is 0 Å². The third-order valence-corrected chi connectivity index (χ3v) is 1.87. The van der Waals surface area contributed by atoms with Crippen molar-refractivity contribution in [2.75, 3.05) is 0 Å². The van der Waals surface area contributed by atoms with Crippen molar-refractivity contribution in [1.29, 1.82) is 0 Å². The molecule has 0 N–H and O–H groups in total. The molecule has 0 aromatic rings. The molecule has 1 atom stereocenters. The number of halogens is 1. The molecule has 0 saturated heterocycles. The van der Waals surface area contributed by atoms with Gasteiger partial charge in [0.2, 0.25) is 0 Å². The summed E-state index contributed by atoms with van der Waals surface area (Å²) >= 11 is 3.27. The molecule has 1 heterocycles. The Morgan fingerprint density at radius 2 is 2.44 bits per heavy atom. The lowest BCUT2D eigenvalue weighted by molar-refractivity contribution is 0.0521. The van der Waals surface area contributed by atoms with Crippen LogP contribution in [0.4, 0.5) is 0 Å². The quantitative estimate of drug-likeness (QED) is 0.623. The number of hydrogen-bond acceptors (Lipinski definition) is 2. The van der Waals surface area contributed by atoms with Crippen molar-refractivity contribution in [2.24, 2.45) is 11.1 Å². The molecule has 0 aromatic carbocycles. The summed E-state index contributed by atoms with van der Waals surface area (Å²) in [6.07, 6.45) is 1.22. The highest BCUT2D eigenvalue weighted by atomic mass is 79.9. The van der Waals surface area contributed by atoms with E-state index in [1.54, 1.807) is 0 Å². The van der Waals surface area contributed by atoms with E-state index in [0.29, 0.717) is 12.0 Å². The van der Waals surface area contributed by atoms with Gasteiger partial charge in [0.15, 0.2) is 0 Å². The number of hydrogen-bond donors (Lipinski definition) is 0. The van der Waals surface area contributed by atoms with Crippen molar-refractivity contribution < 1.29 is 4.84 Å². The summed E-state index contributed by atoms with van der Waals surface area (Å²) in [7, 11) is 0. The lowest BCUT2D eigenvalue weighted by Gasteiger charge is -2.10. The van der Waals surface area contributed by atoms with Gasteiger partial charge in [-0.2, -0.15) is 0 Å². The molecule has 0 amide bonds. The van der Waals surface area contributed by atoms with Crippen LogP contribution in [0.25, 0.3) is 0 Å². The van der Waals surface area contributed by atoms with E-state index in [1.165, 1.54) is 0 Å². The highest BCUT2D eigenvalue weighted by molar-refractivity contribution is 9.18. The van der Waals surface area contributed by atoms with Gasteiger partial charge in [-0.25, -0.2) is 0 Å². The number of rotatable bonds is 1. The summed E-state index contributed by atoms with van der Waals surface area (Å²) in [6.45, 7) is 4.26. The fourth-order valence-corrected chi connectivity index (χ4v) is 1.13. The molecule has 0 spiro atoms. The van der Waals surface area contributed by atoms with Crippen LogP contribution in [-0.4, -0.2) is 10.7 Å². The molecule has 0 saturated carbocycles. The van der Waals surface area contributed by atoms with Gasteiger partial charge in [0.05, 0.1) is 0 Å². The van der Waals surface area contributed by atoms with Crippen molar-refractivity contribution in [3.63, 3.8) is 0 Å². The minimum Gasteiger partial charge on any atom is -0.391 e. The standard InChI is InChI=1S/C6H10BrNO/c1-4(2)5-3-6(7)8-9-5/h4-5H,3H2,1-2H3/t5-/m1/s1. The predicted molar refractivity (Wildman–Crippen MR) is 40.7 cm³/mol. The molecule has 1 aliphatic rings. The molecule has 2 nitrogen and oxygen atoms in total. The molecule has 1 aliphatic heterocycles. The summed E-state index contributed by atoms with van der Waals surface area (Å²) in [6, 6.07) is 0. The molecule has 0 aromatic heterocycles. The molecule has 1 rings (SSSR count). The summed E-state index contributed by atoms with van der Waals surface area (Å²) in [5, 5.41) is 3.77. The minimum atomic E-state index is 0.291. The Bertz CT molecular complexity index is 133. The van der Waals surface area contributed by atoms with Gasteiger partial charge in [-0.1, -0.05) is 19.0 Å². The SMILES string of the molecule is CC(C)[C@H]1CC(Br)=NO1. The van der Waals surface area contributed by atoms with Gasteiger partial charge >= 0.3 is 0 Å².